The van der Waals surface area contributed by atoms with Gasteiger partial charge in [0.15, 0.2) is 5.78 Å². The highest BCUT2D eigenvalue weighted by Gasteiger charge is 2.41. The lowest BCUT2D eigenvalue weighted by atomic mass is 9.75. The number of Topliss-reactive ketones (excluding diaryl/α,β-unsaturated/α-hetero) is 1. The predicted octanol–water partition coefficient (Wildman–Crippen LogP) is 4.24. The zero-order valence-corrected chi connectivity index (χ0v) is 12.8. The van der Waals surface area contributed by atoms with Gasteiger partial charge in [0, 0.05) is 13.0 Å². The van der Waals surface area contributed by atoms with Crippen molar-refractivity contribution in [1.29, 1.82) is 0 Å². The molecule has 2 nitrogen and oxygen atoms in total. The topological polar surface area (TPSA) is 26.3 Å². The van der Waals surface area contributed by atoms with Crippen LogP contribution in [0, 0.1) is 5.92 Å². The Morgan fingerprint density at radius 3 is 3.05 bits per heavy atom. The van der Waals surface area contributed by atoms with Crippen molar-refractivity contribution < 1.29 is 9.53 Å². The van der Waals surface area contributed by atoms with Crippen molar-refractivity contribution in [3.8, 4) is 0 Å². The molecule has 0 aliphatic heterocycles. The first-order valence-electron chi connectivity index (χ1n) is 7.34. The van der Waals surface area contributed by atoms with Gasteiger partial charge in [0.25, 0.3) is 0 Å². The Balaban J connectivity index is 1.99. The fraction of sp³-hybridized carbons (Fsp3) is 0.688. The summed E-state index contributed by atoms with van der Waals surface area (Å²) in [5.74, 6) is 0.914. The first kappa shape index (κ1) is 14.7. The molecule has 2 atom stereocenters. The molecule has 3 heteroatoms. The van der Waals surface area contributed by atoms with Gasteiger partial charge in [-0.15, -0.1) is 0 Å². The monoisotopic (exact) mass is 280 g/mol. The van der Waals surface area contributed by atoms with Gasteiger partial charge in [-0.05, 0) is 60.9 Å². The molecule has 19 heavy (non-hydrogen) atoms. The maximum absolute atomic E-state index is 12.6. The number of aryl methyl sites for hydroxylation is 1. The maximum Gasteiger partial charge on any atom is 0.164 e. The van der Waals surface area contributed by atoms with Crippen LogP contribution in [0.4, 0.5) is 0 Å². The van der Waals surface area contributed by atoms with Crippen molar-refractivity contribution in [3.05, 3.63) is 22.4 Å². The van der Waals surface area contributed by atoms with Gasteiger partial charge in [-0.1, -0.05) is 13.3 Å². The summed E-state index contributed by atoms with van der Waals surface area (Å²) in [6, 6.07) is 2.11. The molecule has 1 aliphatic carbocycles. The SMILES string of the molecule is CCOC1(C(=O)CCc2ccsc2)CCCC(C)C1. The minimum Gasteiger partial charge on any atom is -0.367 e. The zero-order chi connectivity index (χ0) is 13.7. The van der Waals surface area contributed by atoms with Crippen LogP contribution >= 0.6 is 11.3 Å². The van der Waals surface area contributed by atoms with Crippen LogP contribution in [-0.2, 0) is 16.0 Å². The molecule has 0 bridgehead atoms. The lowest BCUT2D eigenvalue weighted by molar-refractivity contribution is -0.151. The Bertz CT molecular complexity index is 395. The molecule has 106 valence electrons. The quantitative estimate of drug-likeness (QED) is 0.779. The summed E-state index contributed by atoms with van der Waals surface area (Å²) >= 11 is 1.69. The lowest BCUT2D eigenvalue weighted by Crippen LogP contribution is -2.45. The van der Waals surface area contributed by atoms with Crippen molar-refractivity contribution >= 4 is 17.1 Å². The van der Waals surface area contributed by atoms with E-state index in [1.165, 1.54) is 12.0 Å². The van der Waals surface area contributed by atoms with Crippen LogP contribution in [0.15, 0.2) is 16.8 Å². The van der Waals surface area contributed by atoms with Gasteiger partial charge in [0.1, 0.15) is 5.60 Å². The molecule has 1 aromatic heterocycles. The molecule has 0 saturated heterocycles. The van der Waals surface area contributed by atoms with E-state index in [0.29, 0.717) is 24.7 Å². The van der Waals surface area contributed by atoms with E-state index in [2.05, 4.69) is 23.8 Å². The summed E-state index contributed by atoms with van der Waals surface area (Å²) in [7, 11) is 0. The van der Waals surface area contributed by atoms with E-state index in [1.807, 2.05) is 6.92 Å². The third-order valence-electron chi connectivity index (χ3n) is 4.11. The highest BCUT2D eigenvalue weighted by Crippen LogP contribution is 2.37. The maximum atomic E-state index is 12.6. The first-order chi connectivity index (χ1) is 9.16. The van der Waals surface area contributed by atoms with Gasteiger partial charge >= 0.3 is 0 Å². The van der Waals surface area contributed by atoms with E-state index in [4.69, 9.17) is 4.74 Å². The fourth-order valence-electron chi connectivity index (χ4n) is 3.16. The van der Waals surface area contributed by atoms with Crippen molar-refractivity contribution in [1.82, 2.24) is 0 Å². The van der Waals surface area contributed by atoms with Crippen LogP contribution in [0.3, 0.4) is 0 Å². The number of ketones is 1. The Labute approximate surface area is 120 Å². The Kier molecular flexibility index (Phi) is 5.17. The molecule has 1 saturated carbocycles. The van der Waals surface area contributed by atoms with E-state index >= 15 is 0 Å². The predicted molar refractivity (Wildman–Crippen MR) is 79.6 cm³/mol. The molecule has 1 aromatic rings. The molecule has 0 spiro atoms. The van der Waals surface area contributed by atoms with Crippen molar-refractivity contribution in [2.45, 2.75) is 58.0 Å². The van der Waals surface area contributed by atoms with Gasteiger partial charge in [-0.25, -0.2) is 0 Å². The molecule has 0 radical (unpaired) electrons. The average molecular weight is 280 g/mol. The summed E-state index contributed by atoms with van der Waals surface area (Å²) in [4.78, 5) is 12.6. The second-order valence-corrected chi connectivity index (χ2v) is 6.46. The summed E-state index contributed by atoms with van der Waals surface area (Å²) in [6.45, 7) is 4.86. The van der Waals surface area contributed by atoms with E-state index < -0.39 is 5.60 Å². The van der Waals surface area contributed by atoms with Crippen LogP contribution < -0.4 is 0 Å². The van der Waals surface area contributed by atoms with Gasteiger partial charge in [-0.3, -0.25) is 4.79 Å². The van der Waals surface area contributed by atoms with E-state index in [1.54, 1.807) is 11.3 Å². The van der Waals surface area contributed by atoms with Gasteiger partial charge < -0.3 is 4.74 Å². The number of hydrogen-bond donors (Lipinski definition) is 0. The Morgan fingerprint density at radius 2 is 2.42 bits per heavy atom. The molecule has 1 fully saturated rings. The molecule has 0 N–H and O–H groups in total. The molecule has 0 amide bonds. The van der Waals surface area contributed by atoms with Crippen LogP contribution in [-0.4, -0.2) is 18.0 Å². The van der Waals surface area contributed by atoms with Crippen molar-refractivity contribution in [3.63, 3.8) is 0 Å². The molecule has 1 aliphatic rings. The smallest absolute Gasteiger partial charge is 0.164 e. The minimum atomic E-state index is -0.484. The van der Waals surface area contributed by atoms with Gasteiger partial charge in [0.2, 0.25) is 0 Å². The second kappa shape index (κ2) is 6.67. The third kappa shape index (κ3) is 3.67. The Morgan fingerprint density at radius 1 is 1.58 bits per heavy atom. The average Bonchev–Trinajstić information content (AvgIpc) is 2.89. The van der Waals surface area contributed by atoms with Crippen molar-refractivity contribution in [2.24, 2.45) is 5.92 Å². The molecule has 2 rings (SSSR count). The number of carbonyl (C=O) groups excluding carboxylic acids is 1. The lowest BCUT2D eigenvalue weighted by Gasteiger charge is -2.38. The van der Waals surface area contributed by atoms with Crippen LogP contribution in [0.25, 0.3) is 0 Å². The zero-order valence-electron chi connectivity index (χ0n) is 12.0. The minimum absolute atomic E-state index is 0.312. The van der Waals surface area contributed by atoms with E-state index in [9.17, 15) is 4.79 Å². The number of rotatable bonds is 6. The van der Waals surface area contributed by atoms with Crippen molar-refractivity contribution in [2.75, 3.05) is 6.61 Å². The number of carbonyl (C=O) groups is 1. The molecule has 0 aromatic carbocycles. The van der Waals surface area contributed by atoms with Gasteiger partial charge in [0.05, 0.1) is 0 Å². The van der Waals surface area contributed by atoms with Crippen LogP contribution in [0.2, 0.25) is 0 Å². The number of ether oxygens (including phenoxy) is 1. The summed E-state index contributed by atoms with van der Waals surface area (Å²) in [5.41, 5.74) is 0.788. The van der Waals surface area contributed by atoms with E-state index in [-0.39, 0.29) is 0 Å². The highest BCUT2D eigenvalue weighted by atomic mass is 32.1. The number of hydrogen-bond acceptors (Lipinski definition) is 3. The molecule has 2 unspecified atom stereocenters. The molecule has 1 heterocycles. The largest absolute Gasteiger partial charge is 0.367 e. The normalized spacial score (nSPS) is 27.4. The summed E-state index contributed by atoms with van der Waals surface area (Å²) in [6.07, 6.45) is 5.63. The van der Waals surface area contributed by atoms with E-state index in [0.717, 1.165) is 25.7 Å². The van der Waals surface area contributed by atoms with Gasteiger partial charge in [-0.2, -0.15) is 11.3 Å². The highest BCUT2D eigenvalue weighted by molar-refractivity contribution is 7.07. The Hall–Kier alpha value is -0.670. The summed E-state index contributed by atoms with van der Waals surface area (Å²) < 4.78 is 5.93. The van der Waals surface area contributed by atoms with Crippen LogP contribution in [0.1, 0.15) is 51.5 Å². The summed E-state index contributed by atoms with van der Waals surface area (Å²) in [5, 5.41) is 4.20. The first-order valence-corrected chi connectivity index (χ1v) is 8.29. The third-order valence-corrected chi connectivity index (χ3v) is 4.84. The number of thiophene rings is 1. The standard InChI is InChI=1S/C16H24O2S/c1-3-18-16(9-4-5-13(2)11-16)15(17)7-6-14-8-10-19-12-14/h8,10,12-13H,3-7,9,11H2,1-2H3. The second-order valence-electron chi connectivity index (χ2n) is 5.68. The van der Waals surface area contributed by atoms with Crippen LogP contribution in [0.5, 0.6) is 0 Å². The molecular weight excluding hydrogens is 256 g/mol. The fourth-order valence-corrected chi connectivity index (χ4v) is 3.87. The molecular formula is C16H24O2S.